The molecule has 0 radical (unpaired) electrons. The van der Waals surface area contributed by atoms with Crippen molar-refractivity contribution in [2.24, 2.45) is 0 Å². The van der Waals surface area contributed by atoms with Gasteiger partial charge in [0.25, 0.3) is 0 Å². The van der Waals surface area contributed by atoms with Crippen molar-refractivity contribution in [2.45, 2.75) is 33.6 Å². The van der Waals surface area contributed by atoms with Crippen LogP contribution in [0.1, 0.15) is 36.7 Å². The number of fused-ring (bicyclic) bond motifs is 1. The van der Waals surface area contributed by atoms with Gasteiger partial charge in [-0.3, -0.25) is 0 Å². The second-order valence-corrected chi connectivity index (χ2v) is 6.09. The first kappa shape index (κ1) is 15.0. The number of hydrogen-bond donors (Lipinski definition) is 0. The molecule has 0 amide bonds. The molecule has 0 bridgehead atoms. The maximum atomic E-state index is 14.2. The summed E-state index contributed by atoms with van der Waals surface area (Å²) in [6.07, 6.45) is 0. The second-order valence-electron chi connectivity index (χ2n) is 5.73. The Morgan fingerprint density at radius 3 is 2.45 bits per heavy atom. The van der Waals surface area contributed by atoms with Crippen LogP contribution in [-0.4, -0.2) is 14.6 Å². The van der Waals surface area contributed by atoms with Gasteiger partial charge < -0.3 is 0 Å². The molecule has 0 aliphatic carbocycles. The minimum Gasteiger partial charge on any atom is -0.233 e. The number of nitrogens with zero attached hydrogens (tertiary/aromatic N) is 3. The summed E-state index contributed by atoms with van der Waals surface area (Å²) in [4.78, 5) is 4.65. The van der Waals surface area contributed by atoms with E-state index in [0.29, 0.717) is 27.6 Å². The van der Waals surface area contributed by atoms with Crippen LogP contribution >= 0.6 is 11.6 Å². The number of aromatic nitrogens is 3. The van der Waals surface area contributed by atoms with Gasteiger partial charge in [0.1, 0.15) is 11.0 Å². The Kier molecular flexibility index (Phi) is 3.65. The minimum absolute atomic E-state index is 0.241. The summed E-state index contributed by atoms with van der Waals surface area (Å²) in [6.45, 7) is 7.90. The Bertz CT molecular complexity index is 868. The van der Waals surface area contributed by atoms with Gasteiger partial charge in [-0.1, -0.05) is 43.6 Å². The average molecular weight is 318 g/mol. The number of aryl methyl sites for hydroxylation is 2. The quantitative estimate of drug-likeness (QED) is 0.627. The normalized spacial score (nSPS) is 11.6. The molecule has 0 N–H and O–H groups in total. The third-order valence-electron chi connectivity index (χ3n) is 3.83. The lowest BCUT2D eigenvalue weighted by Gasteiger charge is -2.12. The molecule has 5 heteroatoms. The molecule has 0 spiro atoms. The van der Waals surface area contributed by atoms with Gasteiger partial charge in [0.2, 0.25) is 0 Å². The summed E-state index contributed by atoms with van der Waals surface area (Å²) in [5, 5.41) is 5.01. The Balaban J connectivity index is 2.39. The highest BCUT2D eigenvalue weighted by Crippen LogP contribution is 2.34. The minimum atomic E-state index is -0.288. The Morgan fingerprint density at radius 2 is 1.82 bits per heavy atom. The molecule has 3 aromatic rings. The molecular weight excluding hydrogens is 301 g/mol. The topological polar surface area (TPSA) is 30.2 Å². The van der Waals surface area contributed by atoms with Crippen molar-refractivity contribution in [2.75, 3.05) is 0 Å². The van der Waals surface area contributed by atoms with E-state index in [1.165, 1.54) is 6.07 Å². The fraction of sp³-hybridized carbons (Fsp3) is 0.294. The molecule has 0 aliphatic heterocycles. The zero-order valence-corrected chi connectivity index (χ0v) is 13.7. The molecule has 0 atom stereocenters. The van der Waals surface area contributed by atoms with Crippen LogP contribution in [0.2, 0.25) is 5.15 Å². The van der Waals surface area contributed by atoms with Crippen LogP contribution in [0.15, 0.2) is 24.3 Å². The fourth-order valence-corrected chi connectivity index (χ4v) is 3.35. The van der Waals surface area contributed by atoms with Crippen molar-refractivity contribution in [3.05, 3.63) is 52.2 Å². The lowest BCUT2D eigenvalue weighted by atomic mass is 10.0. The van der Waals surface area contributed by atoms with E-state index in [9.17, 15) is 4.39 Å². The van der Waals surface area contributed by atoms with E-state index < -0.39 is 0 Å². The van der Waals surface area contributed by atoms with Gasteiger partial charge in [-0.2, -0.15) is 5.10 Å². The molecule has 0 saturated heterocycles. The van der Waals surface area contributed by atoms with Crippen LogP contribution in [0.25, 0.3) is 16.8 Å². The van der Waals surface area contributed by atoms with Crippen LogP contribution in [0.3, 0.4) is 0 Å². The molecule has 0 fully saturated rings. The van der Waals surface area contributed by atoms with Gasteiger partial charge in [0.15, 0.2) is 5.65 Å². The molecule has 22 heavy (non-hydrogen) atoms. The molecule has 3 nitrogen and oxygen atoms in total. The highest BCUT2D eigenvalue weighted by Gasteiger charge is 2.21. The number of benzene rings is 1. The van der Waals surface area contributed by atoms with Crippen molar-refractivity contribution in [3.63, 3.8) is 0 Å². The largest absolute Gasteiger partial charge is 0.233 e. The van der Waals surface area contributed by atoms with Crippen molar-refractivity contribution in [3.8, 4) is 11.1 Å². The van der Waals surface area contributed by atoms with E-state index in [0.717, 1.165) is 11.3 Å². The van der Waals surface area contributed by atoms with Crippen molar-refractivity contribution in [1.82, 2.24) is 14.6 Å². The van der Waals surface area contributed by atoms with E-state index in [2.05, 4.69) is 23.9 Å². The molecule has 114 valence electrons. The van der Waals surface area contributed by atoms with Crippen LogP contribution in [0.5, 0.6) is 0 Å². The molecule has 2 aromatic heterocycles. The highest BCUT2D eigenvalue weighted by atomic mass is 35.5. The molecular formula is C17H17ClFN3. The third-order valence-corrected chi connectivity index (χ3v) is 4.19. The van der Waals surface area contributed by atoms with Gasteiger partial charge >= 0.3 is 0 Å². The van der Waals surface area contributed by atoms with E-state index in [1.54, 1.807) is 22.7 Å². The van der Waals surface area contributed by atoms with E-state index >= 15 is 0 Å². The first-order valence-corrected chi connectivity index (χ1v) is 7.59. The highest BCUT2D eigenvalue weighted by molar-refractivity contribution is 6.30. The number of halogens is 2. The maximum Gasteiger partial charge on any atom is 0.165 e. The third kappa shape index (κ3) is 2.18. The van der Waals surface area contributed by atoms with Crippen LogP contribution < -0.4 is 0 Å². The lowest BCUT2D eigenvalue weighted by Crippen LogP contribution is -2.04. The fourth-order valence-electron chi connectivity index (χ4n) is 2.87. The molecule has 0 saturated carbocycles. The van der Waals surface area contributed by atoms with E-state index in [-0.39, 0.29) is 11.7 Å². The Morgan fingerprint density at radius 1 is 1.14 bits per heavy atom. The van der Waals surface area contributed by atoms with Crippen LogP contribution in [-0.2, 0) is 0 Å². The van der Waals surface area contributed by atoms with E-state index in [4.69, 9.17) is 11.6 Å². The summed E-state index contributed by atoms with van der Waals surface area (Å²) in [5.41, 5.74) is 4.31. The SMILES string of the molecule is Cc1nc2c(-c3ccccc3F)c(C)nn2c(Cl)c1C(C)C. The van der Waals surface area contributed by atoms with Crippen molar-refractivity contribution >= 4 is 17.2 Å². The predicted octanol–water partition coefficient (Wildman–Crippen LogP) is 4.93. The lowest BCUT2D eigenvalue weighted by molar-refractivity contribution is 0.631. The molecule has 1 aromatic carbocycles. The smallest absolute Gasteiger partial charge is 0.165 e. The summed E-state index contributed by atoms with van der Waals surface area (Å²) >= 11 is 6.52. The second kappa shape index (κ2) is 5.36. The van der Waals surface area contributed by atoms with Crippen molar-refractivity contribution in [1.29, 1.82) is 0 Å². The summed E-state index contributed by atoms with van der Waals surface area (Å²) in [5.74, 6) is -0.0465. The first-order chi connectivity index (χ1) is 10.4. The van der Waals surface area contributed by atoms with Gasteiger partial charge in [-0.25, -0.2) is 13.9 Å². The Labute approximate surface area is 133 Å². The predicted molar refractivity (Wildman–Crippen MR) is 87.0 cm³/mol. The van der Waals surface area contributed by atoms with Gasteiger partial charge in [-0.15, -0.1) is 0 Å². The molecule has 2 heterocycles. The monoisotopic (exact) mass is 317 g/mol. The molecule has 3 rings (SSSR count). The number of hydrogen-bond acceptors (Lipinski definition) is 2. The van der Waals surface area contributed by atoms with Gasteiger partial charge in [0, 0.05) is 16.8 Å². The van der Waals surface area contributed by atoms with E-state index in [1.807, 2.05) is 13.8 Å². The van der Waals surface area contributed by atoms with Crippen molar-refractivity contribution < 1.29 is 4.39 Å². The summed E-state index contributed by atoms with van der Waals surface area (Å²) < 4.78 is 15.8. The zero-order valence-electron chi connectivity index (χ0n) is 13.0. The summed E-state index contributed by atoms with van der Waals surface area (Å²) in [7, 11) is 0. The standard InChI is InChI=1S/C17H17ClFN3/c1-9(2)14-10(3)20-17-15(11(4)21-22(17)16(14)18)12-7-5-6-8-13(12)19/h5-9H,1-4H3. The van der Waals surface area contributed by atoms with Gasteiger partial charge in [0.05, 0.1) is 11.3 Å². The number of rotatable bonds is 2. The van der Waals surface area contributed by atoms with Crippen LogP contribution in [0, 0.1) is 19.7 Å². The first-order valence-electron chi connectivity index (χ1n) is 7.22. The maximum absolute atomic E-state index is 14.2. The van der Waals surface area contributed by atoms with Gasteiger partial charge in [-0.05, 0) is 25.8 Å². The Hall–Kier alpha value is -1.94. The zero-order chi connectivity index (χ0) is 16.0. The average Bonchev–Trinajstić information content (AvgIpc) is 2.76. The molecule has 0 unspecified atom stereocenters. The molecule has 0 aliphatic rings. The summed E-state index contributed by atoms with van der Waals surface area (Å²) in [6, 6.07) is 6.65. The van der Waals surface area contributed by atoms with Crippen LogP contribution in [0.4, 0.5) is 4.39 Å².